The quantitative estimate of drug-likeness (QED) is 0.415. The van der Waals surface area contributed by atoms with Crippen LogP contribution in [0.5, 0.6) is 11.5 Å². The van der Waals surface area contributed by atoms with Gasteiger partial charge in [-0.3, -0.25) is 10.2 Å². The molecule has 0 spiro atoms. The van der Waals surface area contributed by atoms with E-state index in [1.165, 1.54) is 4.90 Å². The van der Waals surface area contributed by atoms with E-state index in [-0.39, 0.29) is 18.6 Å². The molecule has 0 fully saturated rings. The smallest absolute Gasteiger partial charge is 0.259 e. The number of carbonyl (C=O) groups excluding carboxylic acids is 1. The Bertz CT molecular complexity index is 618. The second kappa shape index (κ2) is 10.5. The van der Waals surface area contributed by atoms with E-state index in [0.29, 0.717) is 23.2 Å². The summed E-state index contributed by atoms with van der Waals surface area (Å²) in [6.07, 6.45) is 1.63. The molecule has 2 N–H and O–H groups in total. The van der Waals surface area contributed by atoms with Gasteiger partial charge in [0.05, 0.1) is 12.8 Å². The maximum atomic E-state index is 11.6. The summed E-state index contributed by atoms with van der Waals surface area (Å²) in [6.45, 7) is 6.31. The molecule has 1 aromatic rings. The third kappa shape index (κ3) is 7.84. The lowest BCUT2D eigenvalue weighted by atomic mass is 10.2. The SMILES string of the molecule is CCOc1cc(/C=N/NC(=S)NC(C)C)ccc1OCC(=O)N(C)C. The summed E-state index contributed by atoms with van der Waals surface area (Å²) in [5.41, 5.74) is 3.56. The van der Waals surface area contributed by atoms with Gasteiger partial charge in [-0.15, -0.1) is 0 Å². The van der Waals surface area contributed by atoms with Crippen molar-refractivity contribution in [2.75, 3.05) is 27.3 Å². The van der Waals surface area contributed by atoms with E-state index in [4.69, 9.17) is 21.7 Å². The highest BCUT2D eigenvalue weighted by atomic mass is 32.1. The van der Waals surface area contributed by atoms with E-state index < -0.39 is 0 Å². The van der Waals surface area contributed by atoms with Crippen LogP contribution in [-0.2, 0) is 4.79 Å². The molecule has 8 heteroatoms. The number of rotatable bonds is 8. The monoisotopic (exact) mass is 366 g/mol. The van der Waals surface area contributed by atoms with Gasteiger partial charge in [0.2, 0.25) is 0 Å². The number of hydrogen-bond acceptors (Lipinski definition) is 5. The number of amides is 1. The zero-order chi connectivity index (χ0) is 18.8. The molecule has 25 heavy (non-hydrogen) atoms. The topological polar surface area (TPSA) is 75.2 Å². The first-order valence-corrected chi connectivity index (χ1v) is 8.43. The van der Waals surface area contributed by atoms with Gasteiger partial charge in [0.1, 0.15) is 0 Å². The highest BCUT2D eigenvalue weighted by Gasteiger charge is 2.10. The molecule has 7 nitrogen and oxygen atoms in total. The Morgan fingerprint density at radius 3 is 2.64 bits per heavy atom. The number of thiocarbonyl (C=S) groups is 1. The van der Waals surface area contributed by atoms with Crippen LogP contribution in [0, 0.1) is 0 Å². The van der Waals surface area contributed by atoms with Crippen LogP contribution in [0.15, 0.2) is 23.3 Å². The minimum absolute atomic E-state index is 0.0444. The average molecular weight is 366 g/mol. The Morgan fingerprint density at radius 2 is 2.04 bits per heavy atom. The molecule has 0 saturated heterocycles. The molecule has 0 bridgehead atoms. The van der Waals surface area contributed by atoms with E-state index in [1.54, 1.807) is 32.4 Å². The number of benzene rings is 1. The molecule has 0 aliphatic carbocycles. The zero-order valence-electron chi connectivity index (χ0n) is 15.3. The second-order valence-corrected chi connectivity index (χ2v) is 6.12. The first-order valence-electron chi connectivity index (χ1n) is 8.02. The minimum atomic E-state index is -0.122. The number of hydrogen-bond donors (Lipinski definition) is 2. The Labute approximate surface area is 154 Å². The van der Waals surface area contributed by atoms with E-state index in [2.05, 4.69) is 15.8 Å². The molecule has 1 rings (SSSR count). The largest absolute Gasteiger partial charge is 0.490 e. The van der Waals surface area contributed by atoms with Crippen molar-refractivity contribution < 1.29 is 14.3 Å². The fourth-order valence-electron chi connectivity index (χ4n) is 1.72. The average Bonchev–Trinajstić information content (AvgIpc) is 2.53. The summed E-state index contributed by atoms with van der Waals surface area (Å²) in [5.74, 6) is 0.948. The van der Waals surface area contributed by atoms with Crippen LogP contribution in [-0.4, -0.2) is 55.5 Å². The molecule has 0 aromatic heterocycles. The predicted octanol–water partition coefficient (Wildman–Crippen LogP) is 1.76. The molecular formula is C17H26N4O3S. The number of ether oxygens (including phenoxy) is 2. The highest BCUT2D eigenvalue weighted by molar-refractivity contribution is 7.80. The molecule has 0 heterocycles. The summed E-state index contributed by atoms with van der Waals surface area (Å²) in [5, 5.41) is 7.58. The minimum Gasteiger partial charge on any atom is -0.490 e. The lowest BCUT2D eigenvalue weighted by Crippen LogP contribution is -2.36. The summed E-state index contributed by atoms with van der Waals surface area (Å²) >= 11 is 5.10. The maximum Gasteiger partial charge on any atom is 0.259 e. The highest BCUT2D eigenvalue weighted by Crippen LogP contribution is 2.28. The van der Waals surface area contributed by atoms with Gasteiger partial charge >= 0.3 is 0 Å². The number of carbonyl (C=O) groups is 1. The van der Waals surface area contributed by atoms with E-state index in [1.807, 2.05) is 26.8 Å². The van der Waals surface area contributed by atoms with Gasteiger partial charge in [0, 0.05) is 20.1 Å². The van der Waals surface area contributed by atoms with E-state index in [0.717, 1.165) is 5.56 Å². The number of likely N-dealkylation sites (N-methyl/N-ethyl adjacent to an activating group) is 1. The third-order valence-electron chi connectivity index (χ3n) is 2.92. The zero-order valence-corrected chi connectivity index (χ0v) is 16.1. The van der Waals surface area contributed by atoms with Crippen LogP contribution in [0.3, 0.4) is 0 Å². The third-order valence-corrected chi connectivity index (χ3v) is 3.13. The Hall–Kier alpha value is -2.35. The van der Waals surface area contributed by atoms with Gasteiger partial charge in [0.25, 0.3) is 5.91 Å². The summed E-state index contributed by atoms with van der Waals surface area (Å²) in [6, 6.07) is 5.60. The van der Waals surface area contributed by atoms with Crippen molar-refractivity contribution in [2.24, 2.45) is 5.10 Å². The molecule has 0 unspecified atom stereocenters. The predicted molar refractivity (Wildman–Crippen MR) is 103 cm³/mol. The lowest BCUT2D eigenvalue weighted by molar-refractivity contribution is -0.130. The molecule has 1 aromatic carbocycles. The molecule has 0 aliphatic heterocycles. The first kappa shape index (κ1) is 20.7. The molecule has 0 atom stereocenters. The Kier molecular flexibility index (Phi) is 8.69. The van der Waals surface area contributed by atoms with Gasteiger partial charge in [-0.2, -0.15) is 5.10 Å². The van der Waals surface area contributed by atoms with Crippen LogP contribution in [0.25, 0.3) is 0 Å². The van der Waals surface area contributed by atoms with Crippen LogP contribution in [0.4, 0.5) is 0 Å². The normalized spacial score (nSPS) is 10.6. The van der Waals surface area contributed by atoms with Gasteiger partial charge < -0.3 is 19.7 Å². The Balaban J connectivity index is 2.75. The standard InChI is InChI=1S/C17H26N4O3S/c1-6-23-15-9-13(10-18-20-17(25)19-12(2)3)7-8-14(15)24-11-16(22)21(4)5/h7-10,12H,6,11H2,1-5H3,(H2,19,20,25)/b18-10+. The lowest BCUT2D eigenvalue weighted by Gasteiger charge is -2.14. The van der Waals surface area contributed by atoms with Crippen molar-refractivity contribution in [3.63, 3.8) is 0 Å². The van der Waals surface area contributed by atoms with Crippen LogP contribution in [0.1, 0.15) is 26.3 Å². The van der Waals surface area contributed by atoms with Crippen molar-refractivity contribution in [1.82, 2.24) is 15.6 Å². The van der Waals surface area contributed by atoms with Gasteiger partial charge in [-0.25, -0.2) is 0 Å². The molecule has 1 amide bonds. The molecule has 0 saturated carbocycles. The van der Waals surface area contributed by atoms with Crippen LogP contribution >= 0.6 is 12.2 Å². The van der Waals surface area contributed by atoms with Crippen LogP contribution < -0.4 is 20.2 Å². The number of nitrogens with one attached hydrogen (secondary N) is 2. The van der Waals surface area contributed by atoms with E-state index in [9.17, 15) is 4.79 Å². The fourth-order valence-corrected chi connectivity index (χ4v) is 2.01. The second-order valence-electron chi connectivity index (χ2n) is 5.71. The molecular weight excluding hydrogens is 340 g/mol. The molecule has 0 radical (unpaired) electrons. The summed E-state index contributed by atoms with van der Waals surface area (Å²) in [7, 11) is 3.36. The van der Waals surface area contributed by atoms with Gasteiger partial charge in [-0.1, -0.05) is 0 Å². The number of nitrogens with zero attached hydrogens (tertiary/aromatic N) is 2. The number of hydrazone groups is 1. The van der Waals surface area contributed by atoms with Crippen molar-refractivity contribution in [3.8, 4) is 11.5 Å². The fraction of sp³-hybridized carbons (Fsp3) is 0.471. The summed E-state index contributed by atoms with van der Waals surface area (Å²) < 4.78 is 11.1. The Morgan fingerprint density at radius 1 is 1.32 bits per heavy atom. The van der Waals surface area contributed by atoms with Crippen molar-refractivity contribution in [3.05, 3.63) is 23.8 Å². The molecule has 138 valence electrons. The van der Waals surface area contributed by atoms with E-state index >= 15 is 0 Å². The van der Waals surface area contributed by atoms with Crippen molar-refractivity contribution in [2.45, 2.75) is 26.8 Å². The first-order chi connectivity index (χ1) is 11.8. The van der Waals surface area contributed by atoms with Gasteiger partial charge in [-0.05, 0) is 56.8 Å². The molecule has 0 aliphatic rings. The van der Waals surface area contributed by atoms with Crippen molar-refractivity contribution in [1.29, 1.82) is 0 Å². The summed E-state index contributed by atoms with van der Waals surface area (Å²) in [4.78, 5) is 13.1. The van der Waals surface area contributed by atoms with Gasteiger partial charge in [0.15, 0.2) is 23.2 Å². The maximum absolute atomic E-state index is 11.6. The van der Waals surface area contributed by atoms with Crippen LogP contribution in [0.2, 0.25) is 0 Å². The van der Waals surface area contributed by atoms with Crippen molar-refractivity contribution >= 4 is 29.5 Å².